The predicted molar refractivity (Wildman–Crippen MR) is 143 cm³/mol. The van der Waals surface area contributed by atoms with E-state index in [2.05, 4.69) is 10.3 Å². The molecule has 5 N–H and O–H groups in total. The number of para-hydroxylation sites is 2. The number of aromatic nitrogens is 1. The van der Waals surface area contributed by atoms with Crippen LogP contribution < -0.4 is 16.8 Å². The Hall–Kier alpha value is -2.82. The van der Waals surface area contributed by atoms with E-state index < -0.39 is 18.1 Å². The van der Waals surface area contributed by atoms with Crippen LogP contribution in [0.2, 0.25) is 0 Å². The van der Waals surface area contributed by atoms with Crippen LogP contribution in [0.4, 0.5) is 0 Å². The third kappa shape index (κ3) is 7.18. The molecule has 1 aromatic heterocycles. The predicted octanol–water partition coefficient (Wildman–Crippen LogP) is 2.40. The molecule has 3 atom stereocenters. The van der Waals surface area contributed by atoms with Gasteiger partial charge in [0.1, 0.15) is 5.52 Å². The lowest BCUT2D eigenvalue weighted by atomic mass is 9.90. The highest BCUT2D eigenvalue weighted by atomic mass is 16.5. The lowest BCUT2D eigenvalue weighted by Crippen LogP contribution is -2.47. The molecule has 0 unspecified atom stereocenters. The summed E-state index contributed by atoms with van der Waals surface area (Å²) in [5.74, 6) is -0.888. The average Bonchev–Trinajstić information content (AvgIpc) is 3.56. The van der Waals surface area contributed by atoms with Gasteiger partial charge in [-0.3, -0.25) is 14.4 Å². The second-order valence-corrected chi connectivity index (χ2v) is 10.5. The van der Waals surface area contributed by atoms with Crippen molar-refractivity contribution in [2.75, 3.05) is 32.8 Å². The number of benzene rings is 1. The first-order chi connectivity index (χ1) is 18.5. The number of nitrogens with one attached hydrogen (secondary N) is 1. The monoisotopic (exact) mass is 527 g/mol. The second kappa shape index (κ2) is 13.8. The number of nitrogens with zero attached hydrogens (tertiary/aromatic N) is 2. The fourth-order valence-corrected chi connectivity index (χ4v) is 5.46. The molecular formula is C28H41N5O5. The molecule has 2 amide bonds. The minimum atomic E-state index is -0.810. The quantitative estimate of drug-likeness (QED) is 0.265. The zero-order valence-electron chi connectivity index (χ0n) is 22.1. The first kappa shape index (κ1) is 28.2. The number of likely N-dealkylation sites (tertiary alicyclic amines) is 1. The van der Waals surface area contributed by atoms with Gasteiger partial charge < -0.3 is 30.8 Å². The van der Waals surface area contributed by atoms with Crippen LogP contribution >= 0.6 is 0 Å². The Morgan fingerprint density at radius 2 is 1.87 bits per heavy atom. The number of ether oxygens (including phenoxy) is 1. The van der Waals surface area contributed by atoms with Gasteiger partial charge in [-0.25, -0.2) is 4.98 Å². The summed E-state index contributed by atoms with van der Waals surface area (Å²) >= 11 is 0. The number of rotatable bonds is 13. The molecule has 2 heterocycles. The van der Waals surface area contributed by atoms with Crippen molar-refractivity contribution in [2.45, 2.75) is 69.9 Å². The SMILES string of the molecule is NCCCC[C@H](NC(=O)[C@H]1CN(C(=O)CCN)C[C@@H]1OCC1CCCCC1)C(=O)c1nc2ccccc2o1. The standard InChI is InChI=1S/C28H41N5O5/c29-14-7-6-11-22(26(35)28-32-21-10-4-5-12-23(21)38-28)31-27(36)20-16-33(25(34)13-15-30)17-24(20)37-18-19-8-2-1-3-9-19/h4-5,10,12,19-20,22,24H,1-3,6-9,11,13-18,29-30H2,(H,31,36)/t20-,22-,24-/m0/s1. The molecule has 1 aliphatic heterocycles. The Labute approximate surface area is 223 Å². The van der Waals surface area contributed by atoms with Gasteiger partial charge in [-0.1, -0.05) is 31.4 Å². The van der Waals surface area contributed by atoms with E-state index in [-0.39, 0.29) is 43.0 Å². The molecule has 1 aromatic carbocycles. The summed E-state index contributed by atoms with van der Waals surface area (Å²) in [4.78, 5) is 45.6. The maximum absolute atomic E-state index is 13.6. The van der Waals surface area contributed by atoms with Crippen LogP contribution in [0.1, 0.15) is 68.5 Å². The van der Waals surface area contributed by atoms with Crippen molar-refractivity contribution in [1.82, 2.24) is 15.2 Å². The van der Waals surface area contributed by atoms with Gasteiger partial charge in [0.05, 0.1) is 18.1 Å². The Morgan fingerprint density at radius 1 is 1.08 bits per heavy atom. The maximum atomic E-state index is 13.6. The molecule has 1 saturated carbocycles. The van der Waals surface area contributed by atoms with Gasteiger partial charge in [-0.05, 0) is 56.7 Å². The topological polar surface area (TPSA) is 154 Å². The first-order valence-electron chi connectivity index (χ1n) is 14.0. The van der Waals surface area contributed by atoms with E-state index in [1.165, 1.54) is 19.3 Å². The molecule has 10 nitrogen and oxygen atoms in total. The summed E-state index contributed by atoms with van der Waals surface area (Å²) in [6.45, 7) is 1.92. The molecule has 38 heavy (non-hydrogen) atoms. The van der Waals surface area contributed by atoms with Gasteiger partial charge in [-0.15, -0.1) is 0 Å². The number of ketones is 1. The molecule has 2 fully saturated rings. The Bertz CT molecular complexity index is 1050. The highest BCUT2D eigenvalue weighted by Gasteiger charge is 2.41. The summed E-state index contributed by atoms with van der Waals surface area (Å²) < 4.78 is 12.0. The van der Waals surface area contributed by atoms with Crippen molar-refractivity contribution >= 4 is 28.7 Å². The van der Waals surface area contributed by atoms with Gasteiger partial charge >= 0.3 is 0 Å². The lowest BCUT2D eigenvalue weighted by Gasteiger charge is -2.26. The summed E-state index contributed by atoms with van der Waals surface area (Å²) in [6.07, 6.45) is 7.51. The Balaban J connectivity index is 1.47. The highest BCUT2D eigenvalue weighted by Crippen LogP contribution is 2.27. The summed E-state index contributed by atoms with van der Waals surface area (Å²) in [7, 11) is 0. The highest BCUT2D eigenvalue weighted by molar-refractivity contribution is 6.00. The van der Waals surface area contributed by atoms with E-state index in [4.69, 9.17) is 20.6 Å². The van der Waals surface area contributed by atoms with Crippen LogP contribution in [0, 0.1) is 11.8 Å². The molecule has 10 heteroatoms. The number of hydrogen-bond acceptors (Lipinski definition) is 8. The van der Waals surface area contributed by atoms with Gasteiger partial charge in [0, 0.05) is 32.7 Å². The van der Waals surface area contributed by atoms with Crippen LogP contribution in [0.25, 0.3) is 11.1 Å². The third-order valence-corrected chi connectivity index (χ3v) is 7.67. The van der Waals surface area contributed by atoms with E-state index in [1.807, 2.05) is 12.1 Å². The maximum Gasteiger partial charge on any atom is 0.266 e. The lowest BCUT2D eigenvalue weighted by molar-refractivity contribution is -0.130. The van der Waals surface area contributed by atoms with Crippen LogP contribution in [0.3, 0.4) is 0 Å². The minimum Gasteiger partial charge on any atom is -0.434 e. The second-order valence-electron chi connectivity index (χ2n) is 10.5. The largest absolute Gasteiger partial charge is 0.434 e. The Kier molecular flexibility index (Phi) is 10.3. The number of hydrogen-bond donors (Lipinski definition) is 3. The van der Waals surface area contributed by atoms with Crippen molar-refractivity contribution in [3.63, 3.8) is 0 Å². The summed E-state index contributed by atoms with van der Waals surface area (Å²) in [5.41, 5.74) is 12.4. The fourth-order valence-electron chi connectivity index (χ4n) is 5.46. The molecule has 4 rings (SSSR count). The van der Waals surface area contributed by atoms with E-state index in [0.717, 1.165) is 19.3 Å². The number of nitrogens with two attached hydrogens (primary N) is 2. The summed E-state index contributed by atoms with van der Waals surface area (Å²) in [5, 5.41) is 2.95. The number of Topliss-reactive ketones (excluding diaryl/α,β-unsaturated/α-hetero) is 1. The number of amides is 2. The van der Waals surface area contributed by atoms with Crippen LogP contribution in [-0.4, -0.2) is 72.4 Å². The minimum absolute atomic E-state index is 0.0273. The Morgan fingerprint density at radius 3 is 2.61 bits per heavy atom. The van der Waals surface area contributed by atoms with Gasteiger partial charge in [0.15, 0.2) is 5.58 Å². The molecule has 1 saturated heterocycles. The zero-order chi connectivity index (χ0) is 26.9. The zero-order valence-corrected chi connectivity index (χ0v) is 22.1. The molecule has 208 valence electrons. The number of unbranched alkanes of at least 4 members (excludes halogenated alkanes) is 1. The molecule has 1 aliphatic carbocycles. The van der Waals surface area contributed by atoms with E-state index >= 15 is 0 Å². The van der Waals surface area contributed by atoms with E-state index in [0.29, 0.717) is 49.6 Å². The smallest absolute Gasteiger partial charge is 0.266 e. The average molecular weight is 528 g/mol. The molecule has 2 aromatic rings. The molecule has 0 spiro atoms. The third-order valence-electron chi connectivity index (χ3n) is 7.67. The molecule has 2 aliphatic rings. The molecule has 0 radical (unpaired) electrons. The van der Waals surface area contributed by atoms with Gasteiger partial charge in [-0.2, -0.15) is 0 Å². The van der Waals surface area contributed by atoms with Crippen LogP contribution in [0.15, 0.2) is 28.7 Å². The number of carbonyl (C=O) groups excluding carboxylic acids is 3. The fraction of sp³-hybridized carbons (Fsp3) is 0.643. The van der Waals surface area contributed by atoms with Crippen molar-refractivity contribution < 1.29 is 23.5 Å². The number of oxazole rings is 1. The normalized spacial score (nSPS) is 21.1. The van der Waals surface area contributed by atoms with Crippen molar-refractivity contribution in [2.24, 2.45) is 23.3 Å². The van der Waals surface area contributed by atoms with Gasteiger partial charge in [0.25, 0.3) is 5.89 Å². The number of carbonyl (C=O) groups is 3. The van der Waals surface area contributed by atoms with Gasteiger partial charge in [0.2, 0.25) is 17.6 Å². The summed E-state index contributed by atoms with van der Waals surface area (Å²) in [6, 6.07) is 6.35. The molecular weight excluding hydrogens is 486 g/mol. The van der Waals surface area contributed by atoms with Crippen LogP contribution in [-0.2, 0) is 14.3 Å². The van der Waals surface area contributed by atoms with Crippen molar-refractivity contribution in [1.29, 1.82) is 0 Å². The molecule has 0 bridgehead atoms. The first-order valence-corrected chi connectivity index (χ1v) is 14.0. The van der Waals surface area contributed by atoms with Crippen LogP contribution in [0.5, 0.6) is 0 Å². The number of fused-ring (bicyclic) bond motifs is 1. The van der Waals surface area contributed by atoms with E-state index in [1.54, 1.807) is 17.0 Å². The van der Waals surface area contributed by atoms with E-state index in [9.17, 15) is 14.4 Å². The van der Waals surface area contributed by atoms with Crippen molar-refractivity contribution in [3.05, 3.63) is 30.2 Å². The van der Waals surface area contributed by atoms with Crippen molar-refractivity contribution in [3.8, 4) is 0 Å².